The summed E-state index contributed by atoms with van der Waals surface area (Å²) in [6.07, 6.45) is 1.49. The average Bonchev–Trinajstić information content (AvgIpc) is 2.60. The SMILES string of the molecule is CN(c1cccc(O)c1)c1cc(N(C)c2cccc(O)c2)ncn1. The molecule has 0 aliphatic rings. The summed E-state index contributed by atoms with van der Waals surface area (Å²) in [5, 5.41) is 19.3. The van der Waals surface area contributed by atoms with Crippen LogP contribution in [0.15, 0.2) is 60.9 Å². The second kappa shape index (κ2) is 6.45. The maximum Gasteiger partial charge on any atom is 0.138 e. The molecule has 0 fully saturated rings. The summed E-state index contributed by atoms with van der Waals surface area (Å²) < 4.78 is 0. The molecule has 6 heteroatoms. The summed E-state index contributed by atoms with van der Waals surface area (Å²) in [5.41, 5.74) is 1.64. The first kappa shape index (κ1) is 15.6. The number of nitrogens with zero attached hydrogens (tertiary/aromatic N) is 4. The van der Waals surface area contributed by atoms with Crippen LogP contribution in [0.4, 0.5) is 23.0 Å². The van der Waals surface area contributed by atoms with E-state index < -0.39 is 0 Å². The first-order valence-corrected chi connectivity index (χ1v) is 7.42. The number of phenolic OH excluding ortho intramolecular Hbond substituents is 2. The van der Waals surface area contributed by atoms with E-state index in [4.69, 9.17) is 0 Å². The average molecular weight is 322 g/mol. The number of aromatic hydroxyl groups is 2. The summed E-state index contributed by atoms with van der Waals surface area (Å²) >= 11 is 0. The van der Waals surface area contributed by atoms with E-state index in [1.54, 1.807) is 36.4 Å². The molecule has 3 rings (SSSR count). The minimum absolute atomic E-state index is 0.200. The van der Waals surface area contributed by atoms with Crippen LogP contribution in [0.5, 0.6) is 11.5 Å². The normalized spacial score (nSPS) is 10.4. The van der Waals surface area contributed by atoms with Crippen LogP contribution in [0.1, 0.15) is 0 Å². The minimum atomic E-state index is 0.200. The third kappa shape index (κ3) is 3.22. The summed E-state index contributed by atoms with van der Waals surface area (Å²) in [6.45, 7) is 0. The molecule has 0 aliphatic carbocycles. The Hall–Kier alpha value is -3.28. The van der Waals surface area contributed by atoms with E-state index in [2.05, 4.69) is 9.97 Å². The van der Waals surface area contributed by atoms with E-state index in [1.807, 2.05) is 42.1 Å². The molecule has 0 saturated carbocycles. The van der Waals surface area contributed by atoms with E-state index in [0.717, 1.165) is 11.4 Å². The van der Waals surface area contributed by atoms with E-state index in [1.165, 1.54) is 6.33 Å². The van der Waals surface area contributed by atoms with E-state index in [0.29, 0.717) is 11.6 Å². The number of hydrogen-bond acceptors (Lipinski definition) is 6. The zero-order valence-electron chi connectivity index (χ0n) is 13.5. The van der Waals surface area contributed by atoms with Crippen LogP contribution in [-0.2, 0) is 0 Å². The Morgan fingerprint density at radius 1 is 0.708 bits per heavy atom. The van der Waals surface area contributed by atoms with Gasteiger partial charge in [-0.15, -0.1) is 0 Å². The Kier molecular flexibility index (Phi) is 4.20. The molecule has 0 bridgehead atoms. The first-order valence-electron chi connectivity index (χ1n) is 7.42. The van der Waals surface area contributed by atoms with Gasteiger partial charge in [0.1, 0.15) is 29.5 Å². The van der Waals surface area contributed by atoms with Crippen LogP contribution < -0.4 is 9.80 Å². The van der Waals surface area contributed by atoms with Gasteiger partial charge in [0, 0.05) is 43.7 Å². The van der Waals surface area contributed by atoms with E-state index in [9.17, 15) is 10.2 Å². The summed E-state index contributed by atoms with van der Waals surface area (Å²) in [7, 11) is 3.74. The Balaban J connectivity index is 1.91. The lowest BCUT2D eigenvalue weighted by molar-refractivity contribution is 0.475. The Morgan fingerprint density at radius 2 is 1.17 bits per heavy atom. The van der Waals surface area contributed by atoms with Crippen molar-refractivity contribution in [3.05, 3.63) is 60.9 Å². The lowest BCUT2D eigenvalue weighted by Gasteiger charge is -2.22. The molecule has 1 aromatic heterocycles. The molecule has 24 heavy (non-hydrogen) atoms. The molecule has 1 heterocycles. The third-order valence-corrected chi connectivity index (χ3v) is 3.76. The quantitative estimate of drug-likeness (QED) is 0.767. The second-order valence-corrected chi connectivity index (χ2v) is 5.39. The summed E-state index contributed by atoms with van der Waals surface area (Å²) in [4.78, 5) is 12.3. The van der Waals surface area contributed by atoms with Crippen molar-refractivity contribution >= 4 is 23.0 Å². The highest BCUT2D eigenvalue weighted by Gasteiger charge is 2.11. The molecular formula is C18H18N4O2. The molecule has 0 unspecified atom stereocenters. The molecule has 3 aromatic rings. The van der Waals surface area contributed by atoms with Crippen LogP contribution in [0.2, 0.25) is 0 Å². The lowest BCUT2D eigenvalue weighted by Crippen LogP contribution is -2.15. The Labute approximate surface area is 140 Å². The second-order valence-electron chi connectivity index (χ2n) is 5.39. The molecule has 2 N–H and O–H groups in total. The van der Waals surface area contributed by atoms with Gasteiger partial charge in [0.15, 0.2) is 0 Å². The third-order valence-electron chi connectivity index (χ3n) is 3.76. The zero-order chi connectivity index (χ0) is 17.1. The molecule has 0 saturated heterocycles. The van der Waals surface area contributed by atoms with Crippen molar-refractivity contribution in [3.63, 3.8) is 0 Å². The summed E-state index contributed by atoms with van der Waals surface area (Å²) in [6, 6.07) is 15.8. The van der Waals surface area contributed by atoms with Gasteiger partial charge < -0.3 is 20.0 Å². The predicted molar refractivity (Wildman–Crippen MR) is 94.4 cm³/mol. The van der Waals surface area contributed by atoms with Crippen LogP contribution in [0, 0.1) is 0 Å². The maximum atomic E-state index is 9.64. The zero-order valence-corrected chi connectivity index (χ0v) is 13.5. The largest absolute Gasteiger partial charge is 0.508 e. The van der Waals surface area contributed by atoms with Gasteiger partial charge in [-0.2, -0.15) is 0 Å². The Morgan fingerprint density at radius 3 is 1.58 bits per heavy atom. The Bertz CT molecular complexity index is 787. The molecule has 0 amide bonds. The number of hydrogen-bond donors (Lipinski definition) is 2. The van der Waals surface area contributed by atoms with Gasteiger partial charge in [-0.05, 0) is 24.3 Å². The molecule has 6 nitrogen and oxygen atoms in total. The van der Waals surface area contributed by atoms with Gasteiger partial charge in [-0.25, -0.2) is 9.97 Å². The van der Waals surface area contributed by atoms with Crippen molar-refractivity contribution in [2.24, 2.45) is 0 Å². The van der Waals surface area contributed by atoms with Gasteiger partial charge in [-0.3, -0.25) is 0 Å². The molecule has 0 spiro atoms. The van der Waals surface area contributed by atoms with Crippen molar-refractivity contribution in [1.29, 1.82) is 0 Å². The highest BCUT2D eigenvalue weighted by molar-refractivity contribution is 5.67. The van der Waals surface area contributed by atoms with Crippen molar-refractivity contribution in [2.45, 2.75) is 0 Å². The number of benzene rings is 2. The van der Waals surface area contributed by atoms with Gasteiger partial charge in [0.2, 0.25) is 0 Å². The number of rotatable bonds is 4. The van der Waals surface area contributed by atoms with Crippen LogP contribution >= 0.6 is 0 Å². The molecular weight excluding hydrogens is 304 g/mol. The monoisotopic (exact) mass is 322 g/mol. The molecule has 122 valence electrons. The molecule has 0 radical (unpaired) electrons. The van der Waals surface area contributed by atoms with Crippen molar-refractivity contribution in [1.82, 2.24) is 9.97 Å². The summed E-state index contributed by atoms with van der Waals surface area (Å²) in [5.74, 6) is 1.78. The molecule has 0 aliphatic heterocycles. The van der Waals surface area contributed by atoms with Crippen LogP contribution in [0.3, 0.4) is 0 Å². The molecule has 0 atom stereocenters. The number of anilines is 4. The lowest BCUT2D eigenvalue weighted by atomic mass is 10.2. The smallest absolute Gasteiger partial charge is 0.138 e. The fraction of sp³-hybridized carbons (Fsp3) is 0.111. The predicted octanol–water partition coefficient (Wildman–Crippen LogP) is 3.42. The fourth-order valence-electron chi connectivity index (χ4n) is 2.37. The van der Waals surface area contributed by atoms with Crippen molar-refractivity contribution < 1.29 is 10.2 Å². The maximum absolute atomic E-state index is 9.64. The standard InChI is InChI=1S/C18H18N4O2/c1-21(13-5-3-7-15(23)9-13)17-11-18(20-12-19-17)22(2)14-6-4-8-16(24)10-14/h3-12,23-24H,1-2H3. The highest BCUT2D eigenvalue weighted by atomic mass is 16.3. The number of aromatic nitrogens is 2. The van der Waals surface area contributed by atoms with Crippen molar-refractivity contribution in [2.75, 3.05) is 23.9 Å². The van der Waals surface area contributed by atoms with E-state index in [-0.39, 0.29) is 11.5 Å². The van der Waals surface area contributed by atoms with Gasteiger partial charge in [0.25, 0.3) is 0 Å². The van der Waals surface area contributed by atoms with Crippen LogP contribution in [-0.4, -0.2) is 34.3 Å². The first-order chi connectivity index (χ1) is 11.5. The van der Waals surface area contributed by atoms with Crippen molar-refractivity contribution in [3.8, 4) is 11.5 Å². The van der Waals surface area contributed by atoms with Gasteiger partial charge >= 0.3 is 0 Å². The topological polar surface area (TPSA) is 72.7 Å². The molecule has 2 aromatic carbocycles. The van der Waals surface area contributed by atoms with Gasteiger partial charge in [-0.1, -0.05) is 12.1 Å². The van der Waals surface area contributed by atoms with E-state index >= 15 is 0 Å². The van der Waals surface area contributed by atoms with Gasteiger partial charge in [0.05, 0.1) is 0 Å². The highest BCUT2D eigenvalue weighted by Crippen LogP contribution is 2.29. The minimum Gasteiger partial charge on any atom is -0.508 e. The fourth-order valence-corrected chi connectivity index (χ4v) is 2.37. The van der Waals surface area contributed by atoms with Crippen LogP contribution in [0.25, 0.3) is 0 Å². The number of phenols is 2.